The van der Waals surface area contributed by atoms with E-state index in [0.717, 1.165) is 0 Å². The van der Waals surface area contributed by atoms with Crippen LogP contribution < -0.4 is 5.32 Å². The molecule has 17 heavy (non-hydrogen) atoms. The summed E-state index contributed by atoms with van der Waals surface area (Å²) in [6, 6.07) is 3.19. The van der Waals surface area contributed by atoms with Crippen LogP contribution in [0.15, 0.2) is 21.8 Å². The van der Waals surface area contributed by atoms with Crippen molar-refractivity contribution in [2.24, 2.45) is 5.18 Å². The molecule has 0 fully saturated rings. The second-order valence-electron chi connectivity index (χ2n) is 3.21. The number of nitroso groups, excluding NO2 is 1. The Bertz CT molecular complexity index is 491. The summed E-state index contributed by atoms with van der Waals surface area (Å²) in [5, 5.41) is 5.58. The van der Waals surface area contributed by atoms with E-state index in [-0.39, 0.29) is 11.3 Å². The third-order valence-electron chi connectivity index (χ3n) is 1.94. The average molecular weight is 296 g/mol. The normalized spacial score (nSPS) is 9.53. The molecule has 0 heterocycles. The van der Waals surface area contributed by atoms with Crippen LogP contribution in [0.3, 0.4) is 0 Å². The van der Waals surface area contributed by atoms with Crippen LogP contribution in [0.1, 0.15) is 17.3 Å². The summed E-state index contributed by atoms with van der Waals surface area (Å²) in [6.45, 7) is 1.62. The maximum absolute atomic E-state index is 11.5. The number of nitrogens with one attached hydrogen (secondary N) is 1. The number of esters is 1. The fraction of sp³-hybridized carbons (Fsp3) is 0.200. The molecule has 0 saturated heterocycles. The Balaban J connectivity index is 3.41. The number of hydrogen-bond acceptors (Lipinski definition) is 5. The van der Waals surface area contributed by atoms with Crippen LogP contribution in [0.25, 0.3) is 0 Å². The van der Waals surface area contributed by atoms with Gasteiger partial charge in [0, 0.05) is 0 Å². The molecule has 1 aromatic carbocycles. The molecule has 0 aliphatic rings. The molecular weight excluding hydrogens is 287 g/mol. The molecule has 0 amide bonds. The van der Waals surface area contributed by atoms with E-state index in [9.17, 15) is 9.70 Å². The zero-order valence-electron chi connectivity index (χ0n) is 9.28. The van der Waals surface area contributed by atoms with Crippen molar-refractivity contribution in [1.29, 1.82) is 0 Å². The Kier molecular flexibility index (Phi) is 4.57. The minimum absolute atomic E-state index is 0.0453. The molecule has 0 aliphatic carbocycles. The zero-order valence-corrected chi connectivity index (χ0v) is 10.9. The molecule has 7 heteroatoms. The first kappa shape index (κ1) is 13.6. The number of carbonyl (C=O) groups excluding carboxylic acids is 1. The molecular formula is C10H9BBrN2O3. The SMILES string of the molecule is [B]=C(C)Nc1ccc(Br)c(C(=O)OC)c1N=O. The number of benzene rings is 1. The van der Waals surface area contributed by atoms with E-state index in [0.29, 0.717) is 15.7 Å². The van der Waals surface area contributed by atoms with Crippen LogP contribution in [0.2, 0.25) is 0 Å². The molecule has 1 radical (unpaired) electrons. The van der Waals surface area contributed by atoms with Crippen molar-refractivity contribution in [3.8, 4) is 0 Å². The van der Waals surface area contributed by atoms with Crippen molar-refractivity contribution in [3.63, 3.8) is 0 Å². The van der Waals surface area contributed by atoms with Crippen molar-refractivity contribution >= 4 is 46.3 Å². The quantitative estimate of drug-likeness (QED) is 0.526. The van der Waals surface area contributed by atoms with Crippen molar-refractivity contribution in [2.75, 3.05) is 12.4 Å². The number of rotatable bonds is 4. The number of anilines is 1. The van der Waals surface area contributed by atoms with Gasteiger partial charge in [0.2, 0.25) is 0 Å². The molecule has 0 spiro atoms. The monoisotopic (exact) mass is 295 g/mol. The van der Waals surface area contributed by atoms with E-state index >= 15 is 0 Å². The number of carbonyl (C=O) groups is 1. The molecule has 1 N–H and O–H groups in total. The molecule has 0 aliphatic heterocycles. The summed E-state index contributed by atoms with van der Waals surface area (Å²) >= 11 is 3.16. The van der Waals surface area contributed by atoms with E-state index in [4.69, 9.17) is 7.49 Å². The van der Waals surface area contributed by atoms with E-state index in [1.165, 1.54) is 7.11 Å². The summed E-state index contributed by atoms with van der Waals surface area (Å²) in [5.74, 6) is -0.648. The molecule has 1 rings (SSSR count). The summed E-state index contributed by atoms with van der Waals surface area (Å²) in [6.07, 6.45) is 0. The maximum atomic E-state index is 11.5. The van der Waals surface area contributed by atoms with E-state index in [1.54, 1.807) is 19.1 Å². The standard InChI is InChI=1S/C10H9BBrN2O3/c1-5(11)13-7-4-3-6(12)8(9(7)14-16)10(15)17-2/h3-4,13H,1-2H3. The van der Waals surface area contributed by atoms with Crippen molar-refractivity contribution in [2.45, 2.75) is 6.92 Å². The number of hydrogen-bond donors (Lipinski definition) is 1. The van der Waals surface area contributed by atoms with Gasteiger partial charge in [-0.25, -0.2) is 0 Å². The topological polar surface area (TPSA) is 67.8 Å². The first-order valence-corrected chi connectivity index (χ1v) is 5.40. The van der Waals surface area contributed by atoms with E-state index in [2.05, 4.69) is 31.2 Å². The first-order valence-electron chi connectivity index (χ1n) is 4.61. The molecule has 0 saturated carbocycles. The van der Waals surface area contributed by atoms with Crippen LogP contribution >= 0.6 is 15.9 Å². The van der Waals surface area contributed by atoms with Gasteiger partial charge in [0.15, 0.2) is 0 Å². The Morgan fingerprint density at radius 2 is 2.18 bits per heavy atom. The number of halogens is 1. The van der Waals surface area contributed by atoms with Crippen LogP contribution in [0, 0.1) is 4.91 Å². The summed E-state index contributed by atoms with van der Waals surface area (Å²) in [7, 11) is 6.70. The predicted octanol–water partition coefficient (Wildman–Crippen LogP) is 2.36. The van der Waals surface area contributed by atoms with Gasteiger partial charge in [-0.2, -0.15) is 0 Å². The molecule has 5 nitrogen and oxygen atoms in total. The molecule has 87 valence electrons. The second kappa shape index (κ2) is 5.72. The Hall–Kier alpha value is -1.50. The molecule has 0 aromatic heterocycles. The molecule has 0 atom stereocenters. The Morgan fingerprint density at radius 1 is 1.53 bits per heavy atom. The second-order valence-corrected chi connectivity index (χ2v) is 4.06. The van der Waals surface area contributed by atoms with Crippen LogP contribution in [-0.2, 0) is 4.74 Å². The van der Waals surface area contributed by atoms with Crippen molar-refractivity contribution in [3.05, 3.63) is 27.1 Å². The molecule has 0 unspecified atom stereocenters. The third kappa shape index (κ3) is 3.00. The van der Waals surface area contributed by atoms with Gasteiger partial charge >= 0.3 is 107 Å². The van der Waals surface area contributed by atoms with Gasteiger partial charge in [0.25, 0.3) is 0 Å². The third-order valence-corrected chi connectivity index (χ3v) is 2.60. The summed E-state index contributed by atoms with van der Waals surface area (Å²) in [5.41, 5.74) is 0.751. The van der Waals surface area contributed by atoms with Gasteiger partial charge in [-0.3, -0.25) is 0 Å². The van der Waals surface area contributed by atoms with Crippen LogP contribution in [-0.4, -0.2) is 26.2 Å². The fourth-order valence-electron chi connectivity index (χ4n) is 1.27. The van der Waals surface area contributed by atoms with E-state index in [1.807, 2.05) is 0 Å². The van der Waals surface area contributed by atoms with Gasteiger partial charge in [0.05, 0.1) is 0 Å². The molecule has 0 bridgehead atoms. The fourth-order valence-corrected chi connectivity index (χ4v) is 1.75. The minimum atomic E-state index is -0.648. The van der Waals surface area contributed by atoms with Gasteiger partial charge in [0.1, 0.15) is 0 Å². The Labute approximate surface area is 108 Å². The van der Waals surface area contributed by atoms with E-state index < -0.39 is 5.97 Å². The summed E-state index contributed by atoms with van der Waals surface area (Å²) < 4.78 is 5.02. The van der Waals surface area contributed by atoms with Gasteiger partial charge in [-0.15, -0.1) is 0 Å². The zero-order chi connectivity index (χ0) is 13.0. The van der Waals surface area contributed by atoms with Gasteiger partial charge in [-0.1, -0.05) is 0 Å². The van der Waals surface area contributed by atoms with Gasteiger partial charge in [-0.05, 0) is 0 Å². The average Bonchev–Trinajstić information content (AvgIpc) is 2.29. The van der Waals surface area contributed by atoms with Gasteiger partial charge < -0.3 is 0 Å². The Morgan fingerprint density at radius 3 is 2.65 bits per heavy atom. The first-order chi connectivity index (χ1) is 8.01. The van der Waals surface area contributed by atoms with Crippen LogP contribution in [0.5, 0.6) is 0 Å². The number of methoxy groups -OCH3 is 1. The van der Waals surface area contributed by atoms with Crippen molar-refractivity contribution < 1.29 is 9.53 Å². The molecule has 1 aromatic rings. The number of nitrogens with zero attached hydrogens (tertiary/aromatic N) is 1. The number of ether oxygens (including phenoxy) is 1. The van der Waals surface area contributed by atoms with Crippen molar-refractivity contribution in [1.82, 2.24) is 0 Å². The summed E-state index contributed by atoms with van der Waals surface area (Å²) in [4.78, 5) is 22.4. The van der Waals surface area contributed by atoms with Crippen LogP contribution in [0.4, 0.5) is 11.4 Å². The predicted molar refractivity (Wildman–Crippen MR) is 71.0 cm³/mol.